The monoisotopic (exact) mass is 472 g/mol. The Balaban J connectivity index is 1.76. The Bertz CT molecular complexity index is 1020. The number of esters is 1. The average Bonchev–Trinajstić information content (AvgIpc) is 3.11. The first-order valence-corrected chi connectivity index (χ1v) is 11.1. The number of carbonyl (C=O) groups is 3. The summed E-state index contributed by atoms with van der Waals surface area (Å²) in [4.78, 5) is 39.8. The van der Waals surface area contributed by atoms with E-state index in [0.29, 0.717) is 11.6 Å². The predicted molar refractivity (Wildman–Crippen MR) is 125 cm³/mol. The number of methoxy groups -OCH3 is 1. The second kappa shape index (κ2) is 10.3. The summed E-state index contributed by atoms with van der Waals surface area (Å²) in [6, 6.07) is 13.3. The number of carbonyl (C=O) groups excluding carboxylic acids is 3. The molecule has 1 N–H and O–H groups in total. The highest BCUT2D eigenvalue weighted by atomic mass is 35.5. The molecule has 3 rings (SSSR count). The van der Waals surface area contributed by atoms with E-state index < -0.39 is 29.7 Å². The summed E-state index contributed by atoms with van der Waals surface area (Å²) in [7, 11) is 1.28. The first-order valence-electron chi connectivity index (χ1n) is 10.8. The number of nitrogens with one attached hydrogen (secondary N) is 1. The molecule has 1 unspecified atom stereocenters. The second-order valence-corrected chi connectivity index (χ2v) is 9.44. The zero-order valence-corrected chi connectivity index (χ0v) is 20.0. The number of nitrogens with zero attached hydrogens (tertiary/aromatic N) is 1. The largest absolute Gasteiger partial charge is 0.467 e. The van der Waals surface area contributed by atoms with Gasteiger partial charge in [-0.3, -0.25) is 9.69 Å². The smallest absolute Gasteiger partial charge is 0.411 e. The summed E-state index contributed by atoms with van der Waals surface area (Å²) < 4.78 is 10.4. The predicted octanol–water partition coefficient (Wildman–Crippen LogP) is 4.42. The van der Waals surface area contributed by atoms with E-state index in [1.807, 2.05) is 24.3 Å². The Morgan fingerprint density at radius 1 is 1.12 bits per heavy atom. The van der Waals surface area contributed by atoms with Crippen molar-refractivity contribution in [3.63, 3.8) is 0 Å². The Labute approximate surface area is 199 Å². The van der Waals surface area contributed by atoms with Gasteiger partial charge in [0.05, 0.1) is 19.6 Å². The van der Waals surface area contributed by atoms with Crippen molar-refractivity contribution >= 4 is 29.6 Å². The lowest BCUT2D eigenvalue weighted by Gasteiger charge is -2.29. The lowest BCUT2D eigenvalue weighted by Crippen LogP contribution is -2.44. The van der Waals surface area contributed by atoms with Crippen LogP contribution in [0.4, 0.5) is 4.79 Å². The van der Waals surface area contributed by atoms with E-state index in [1.54, 1.807) is 49.9 Å². The molecule has 8 heteroatoms. The van der Waals surface area contributed by atoms with Crippen molar-refractivity contribution in [3.8, 4) is 0 Å². The molecule has 0 saturated heterocycles. The van der Waals surface area contributed by atoms with Crippen LogP contribution in [0.2, 0.25) is 5.02 Å². The van der Waals surface area contributed by atoms with Crippen LogP contribution in [-0.4, -0.2) is 41.6 Å². The van der Waals surface area contributed by atoms with Crippen molar-refractivity contribution < 1.29 is 23.9 Å². The molecule has 0 saturated carbocycles. The van der Waals surface area contributed by atoms with Gasteiger partial charge >= 0.3 is 12.1 Å². The molecule has 0 spiro atoms. The number of amides is 2. The van der Waals surface area contributed by atoms with Crippen molar-refractivity contribution in [2.24, 2.45) is 0 Å². The van der Waals surface area contributed by atoms with Crippen molar-refractivity contribution in [1.29, 1.82) is 0 Å². The molecule has 0 fully saturated rings. The van der Waals surface area contributed by atoms with E-state index in [1.165, 1.54) is 7.11 Å². The maximum absolute atomic E-state index is 13.0. The van der Waals surface area contributed by atoms with Gasteiger partial charge in [-0.05, 0) is 49.6 Å². The summed E-state index contributed by atoms with van der Waals surface area (Å²) in [6.45, 7) is 5.75. The average molecular weight is 473 g/mol. The van der Waals surface area contributed by atoms with Gasteiger partial charge in [-0.2, -0.15) is 0 Å². The van der Waals surface area contributed by atoms with Gasteiger partial charge in [-0.15, -0.1) is 0 Å². The maximum atomic E-state index is 13.0. The highest BCUT2D eigenvalue weighted by Gasteiger charge is 2.37. The molecule has 176 valence electrons. The summed E-state index contributed by atoms with van der Waals surface area (Å²) in [6.07, 6.45) is -0.237. The van der Waals surface area contributed by atoms with Crippen LogP contribution in [-0.2, 0) is 32.0 Å². The molecule has 0 aliphatic carbocycles. The van der Waals surface area contributed by atoms with E-state index in [4.69, 9.17) is 21.1 Å². The van der Waals surface area contributed by atoms with Gasteiger partial charge < -0.3 is 14.8 Å². The summed E-state index contributed by atoms with van der Waals surface area (Å²) >= 11 is 5.93. The number of rotatable bonds is 6. The van der Waals surface area contributed by atoms with Gasteiger partial charge in [-0.1, -0.05) is 48.0 Å². The third-order valence-electron chi connectivity index (χ3n) is 5.31. The fraction of sp³-hybridized carbons (Fsp3) is 0.400. The van der Waals surface area contributed by atoms with Crippen LogP contribution >= 0.6 is 11.6 Å². The van der Waals surface area contributed by atoms with Crippen LogP contribution in [0, 0.1) is 0 Å². The first-order chi connectivity index (χ1) is 15.6. The van der Waals surface area contributed by atoms with Crippen molar-refractivity contribution in [1.82, 2.24) is 10.2 Å². The van der Waals surface area contributed by atoms with Crippen LogP contribution in [0.1, 0.15) is 49.9 Å². The van der Waals surface area contributed by atoms with Crippen LogP contribution in [0.25, 0.3) is 0 Å². The molecular weight excluding hydrogens is 444 g/mol. The molecule has 7 nitrogen and oxygen atoms in total. The van der Waals surface area contributed by atoms with Crippen molar-refractivity contribution in [2.45, 2.75) is 57.8 Å². The van der Waals surface area contributed by atoms with Gasteiger partial charge in [0, 0.05) is 18.0 Å². The molecule has 1 heterocycles. The summed E-state index contributed by atoms with van der Waals surface area (Å²) in [5.41, 5.74) is 2.03. The highest BCUT2D eigenvalue weighted by Crippen LogP contribution is 2.37. The normalized spacial score (nSPS) is 16.0. The van der Waals surface area contributed by atoms with Crippen LogP contribution < -0.4 is 5.32 Å². The fourth-order valence-electron chi connectivity index (χ4n) is 3.82. The summed E-state index contributed by atoms with van der Waals surface area (Å²) in [5.74, 6) is -0.913. The van der Waals surface area contributed by atoms with E-state index in [0.717, 1.165) is 16.7 Å². The molecule has 2 aromatic rings. The third kappa shape index (κ3) is 6.48. The minimum absolute atomic E-state index is 0.00956. The van der Waals surface area contributed by atoms with Gasteiger partial charge in [0.25, 0.3) is 0 Å². The Morgan fingerprint density at radius 3 is 2.42 bits per heavy atom. The summed E-state index contributed by atoms with van der Waals surface area (Å²) in [5, 5.41) is 3.35. The lowest BCUT2D eigenvalue weighted by molar-refractivity contribution is -0.145. The number of fused-ring (bicyclic) bond motifs is 1. The van der Waals surface area contributed by atoms with Crippen LogP contribution in [0.5, 0.6) is 0 Å². The SMILES string of the molecule is COC(=O)[C@@H](Cc1ccc(Cl)cc1)NC(=O)CC1c2ccccc2CN1C(=O)OC(C)(C)C. The Kier molecular flexibility index (Phi) is 7.64. The Morgan fingerprint density at radius 2 is 1.79 bits per heavy atom. The van der Waals surface area contributed by atoms with Gasteiger partial charge in [0.15, 0.2) is 0 Å². The van der Waals surface area contributed by atoms with E-state index in [9.17, 15) is 14.4 Å². The molecule has 1 aliphatic heterocycles. The standard InChI is InChI=1S/C25H29ClN2O5/c1-25(2,3)33-24(31)28-15-17-7-5-6-8-19(17)21(28)14-22(29)27-20(23(30)32-4)13-16-9-11-18(26)12-10-16/h5-12,20-21H,13-15H2,1-4H3,(H,27,29)/t20-,21?/m1/s1. The molecule has 2 aromatic carbocycles. The highest BCUT2D eigenvalue weighted by molar-refractivity contribution is 6.30. The van der Waals surface area contributed by atoms with Crippen LogP contribution in [0.3, 0.4) is 0 Å². The van der Waals surface area contributed by atoms with Crippen molar-refractivity contribution in [3.05, 3.63) is 70.2 Å². The second-order valence-electron chi connectivity index (χ2n) is 9.00. The first kappa shape index (κ1) is 24.6. The van der Waals surface area contributed by atoms with Gasteiger partial charge in [-0.25, -0.2) is 9.59 Å². The van der Waals surface area contributed by atoms with E-state index in [-0.39, 0.29) is 18.7 Å². The van der Waals surface area contributed by atoms with Gasteiger partial charge in [0.1, 0.15) is 11.6 Å². The molecule has 0 bridgehead atoms. The maximum Gasteiger partial charge on any atom is 0.411 e. The topological polar surface area (TPSA) is 84.9 Å². The van der Waals surface area contributed by atoms with E-state index in [2.05, 4.69) is 5.32 Å². The number of benzene rings is 2. The molecule has 2 amide bonds. The minimum Gasteiger partial charge on any atom is -0.467 e. The Hall–Kier alpha value is -3.06. The zero-order chi connectivity index (χ0) is 24.2. The number of hydrogen-bond donors (Lipinski definition) is 1. The van der Waals surface area contributed by atoms with Crippen molar-refractivity contribution in [2.75, 3.05) is 7.11 Å². The lowest BCUT2D eigenvalue weighted by atomic mass is 10.0. The fourth-order valence-corrected chi connectivity index (χ4v) is 3.94. The van der Waals surface area contributed by atoms with Crippen LogP contribution in [0.15, 0.2) is 48.5 Å². The molecular formula is C25H29ClN2O5. The van der Waals surface area contributed by atoms with E-state index >= 15 is 0 Å². The molecule has 1 aliphatic rings. The number of halogens is 1. The quantitative estimate of drug-likeness (QED) is 0.629. The zero-order valence-electron chi connectivity index (χ0n) is 19.3. The molecule has 0 radical (unpaired) electrons. The molecule has 33 heavy (non-hydrogen) atoms. The molecule has 0 aromatic heterocycles. The number of ether oxygens (including phenoxy) is 2. The minimum atomic E-state index is -0.865. The molecule has 2 atom stereocenters. The number of hydrogen-bond acceptors (Lipinski definition) is 5. The third-order valence-corrected chi connectivity index (χ3v) is 5.56. The van der Waals surface area contributed by atoms with Gasteiger partial charge in [0.2, 0.25) is 5.91 Å².